The van der Waals surface area contributed by atoms with E-state index in [4.69, 9.17) is 4.74 Å². The number of aromatic nitrogens is 4. The summed E-state index contributed by atoms with van der Waals surface area (Å²) >= 11 is 0. The van der Waals surface area contributed by atoms with Crippen LogP contribution in [0.5, 0.6) is 5.75 Å². The molecular weight excluding hydrogens is 356 g/mol. The van der Waals surface area contributed by atoms with Crippen molar-refractivity contribution in [1.29, 1.82) is 0 Å². The van der Waals surface area contributed by atoms with Gasteiger partial charge in [-0.05, 0) is 30.3 Å². The summed E-state index contributed by atoms with van der Waals surface area (Å²) in [6.45, 7) is 0. The first-order valence-corrected chi connectivity index (χ1v) is 8.60. The van der Waals surface area contributed by atoms with E-state index in [1.165, 1.54) is 0 Å². The highest BCUT2D eigenvalue weighted by atomic mass is 16.5. The molecule has 0 amide bonds. The van der Waals surface area contributed by atoms with Gasteiger partial charge in [-0.15, -0.1) is 10.2 Å². The van der Waals surface area contributed by atoms with Gasteiger partial charge in [-0.3, -0.25) is 9.78 Å². The maximum Gasteiger partial charge on any atom is 0.279 e. The zero-order valence-electron chi connectivity index (χ0n) is 15.4. The van der Waals surface area contributed by atoms with Crippen molar-refractivity contribution in [2.45, 2.75) is 0 Å². The Morgan fingerprint density at radius 2 is 1.93 bits per heavy atom. The van der Waals surface area contributed by atoms with Gasteiger partial charge in [0.25, 0.3) is 5.56 Å². The number of methoxy groups -OCH3 is 1. The number of hydrogen-bond donors (Lipinski definition) is 2. The molecule has 0 saturated heterocycles. The predicted octanol–water partition coefficient (Wildman–Crippen LogP) is 2.78. The molecule has 0 spiro atoms. The number of ether oxygens (including phenoxy) is 1. The number of nitrogens with one attached hydrogen (secondary N) is 2. The number of benzene rings is 2. The molecule has 8 heteroatoms. The molecule has 28 heavy (non-hydrogen) atoms. The van der Waals surface area contributed by atoms with Crippen LogP contribution in [0.25, 0.3) is 22.2 Å². The molecule has 0 fully saturated rings. The molecule has 0 aliphatic rings. The number of aryl methyl sites for hydroxylation is 1. The maximum absolute atomic E-state index is 12.3. The van der Waals surface area contributed by atoms with E-state index in [-0.39, 0.29) is 17.2 Å². The first-order chi connectivity index (χ1) is 13.7. The van der Waals surface area contributed by atoms with E-state index in [9.17, 15) is 4.79 Å². The number of hydrogen-bond acceptors (Lipinski definition) is 6. The predicted molar refractivity (Wildman–Crippen MR) is 109 cm³/mol. The van der Waals surface area contributed by atoms with Crippen LogP contribution in [-0.4, -0.2) is 33.1 Å². The van der Waals surface area contributed by atoms with E-state index in [0.717, 1.165) is 16.5 Å². The van der Waals surface area contributed by atoms with Gasteiger partial charge in [0.15, 0.2) is 5.69 Å². The summed E-state index contributed by atoms with van der Waals surface area (Å²) in [4.78, 5) is 15.0. The summed E-state index contributed by atoms with van der Waals surface area (Å²) in [5.74, 6) is 0.868. The molecule has 2 aromatic carbocycles. The van der Waals surface area contributed by atoms with E-state index in [2.05, 4.69) is 25.7 Å². The van der Waals surface area contributed by atoms with Crippen molar-refractivity contribution in [3.63, 3.8) is 0 Å². The number of anilines is 1. The van der Waals surface area contributed by atoms with Crippen LogP contribution in [0.15, 0.2) is 64.6 Å². The first kappa shape index (κ1) is 17.5. The van der Waals surface area contributed by atoms with Crippen LogP contribution in [0.2, 0.25) is 0 Å². The number of nitrogens with zero attached hydrogens (tertiary/aromatic N) is 4. The minimum Gasteiger partial charge on any atom is -0.497 e. The van der Waals surface area contributed by atoms with Gasteiger partial charge < -0.3 is 9.30 Å². The lowest BCUT2D eigenvalue weighted by Gasteiger charge is -2.03. The van der Waals surface area contributed by atoms with Crippen molar-refractivity contribution in [3.8, 4) is 17.0 Å². The van der Waals surface area contributed by atoms with Gasteiger partial charge in [-0.1, -0.05) is 18.2 Å². The van der Waals surface area contributed by atoms with Gasteiger partial charge in [0.1, 0.15) is 5.75 Å². The number of rotatable bonds is 5. The Morgan fingerprint density at radius 3 is 2.68 bits per heavy atom. The second-order valence-electron chi connectivity index (χ2n) is 6.16. The minimum absolute atomic E-state index is 0.166. The Hall–Kier alpha value is -3.94. The minimum atomic E-state index is -0.358. The number of hydrazone groups is 1. The summed E-state index contributed by atoms with van der Waals surface area (Å²) in [6.07, 6.45) is 3.66. The van der Waals surface area contributed by atoms with E-state index in [1.807, 2.05) is 42.1 Å². The van der Waals surface area contributed by atoms with Gasteiger partial charge in [-0.25, -0.2) is 5.43 Å². The van der Waals surface area contributed by atoms with E-state index >= 15 is 0 Å². The molecule has 0 saturated carbocycles. The van der Waals surface area contributed by atoms with Crippen molar-refractivity contribution in [3.05, 3.63) is 70.6 Å². The Balaban J connectivity index is 1.53. The highest BCUT2D eigenvalue weighted by Crippen LogP contribution is 2.19. The second-order valence-corrected chi connectivity index (χ2v) is 6.16. The monoisotopic (exact) mass is 374 g/mol. The van der Waals surface area contributed by atoms with Crippen molar-refractivity contribution in [2.24, 2.45) is 12.1 Å². The van der Waals surface area contributed by atoms with Crippen molar-refractivity contribution >= 4 is 23.1 Å². The van der Waals surface area contributed by atoms with Gasteiger partial charge in [0, 0.05) is 35.3 Å². The Labute approximate surface area is 160 Å². The molecule has 0 bridgehead atoms. The fraction of sp³-hybridized carbons (Fsp3) is 0.100. The average Bonchev–Trinajstić information content (AvgIpc) is 3.04. The Bertz CT molecular complexity index is 1210. The largest absolute Gasteiger partial charge is 0.497 e. The van der Waals surface area contributed by atoms with Crippen LogP contribution in [0.4, 0.5) is 5.95 Å². The van der Waals surface area contributed by atoms with Crippen LogP contribution in [0, 0.1) is 0 Å². The van der Waals surface area contributed by atoms with Gasteiger partial charge in [-0.2, -0.15) is 5.10 Å². The molecule has 0 radical (unpaired) electrons. The molecule has 4 rings (SSSR count). The standard InChI is InChI=1S/C20H18N6O2/c1-26-12-14(16-5-3-4-6-17(16)26)11-21-24-20-22-19(27)18(23-25-20)13-7-9-15(28-2)10-8-13/h3-12H,1-2H3,(H2,22,24,25,27)/b21-11+. The van der Waals surface area contributed by atoms with Crippen molar-refractivity contribution in [1.82, 2.24) is 19.7 Å². The summed E-state index contributed by atoms with van der Waals surface area (Å²) in [7, 11) is 3.56. The number of H-pyrrole nitrogens is 1. The molecule has 140 valence electrons. The topological polar surface area (TPSA) is 97.2 Å². The highest BCUT2D eigenvalue weighted by Gasteiger charge is 2.08. The molecule has 0 aliphatic heterocycles. The van der Waals surface area contributed by atoms with Crippen molar-refractivity contribution in [2.75, 3.05) is 12.5 Å². The third-order valence-corrected chi connectivity index (χ3v) is 4.36. The highest BCUT2D eigenvalue weighted by molar-refractivity contribution is 5.99. The van der Waals surface area contributed by atoms with Crippen LogP contribution < -0.4 is 15.7 Å². The zero-order chi connectivity index (χ0) is 19.5. The third-order valence-electron chi connectivity index (χ3n) is 4.36. The normalized spacial score (nSPS) is 11.2. The van der Waals surface area contributed by atoms with Crippen LogP contribution in [0.3, 0.4) is 0 Å². The van der Waals surface area contributed by atoms with E-state index in [1.54, 1.807) is 37.6 Å². The fourth-order valence-corrected chi connectivity index (χ4v) is 2.96. The molecule has 2 N–H and O–H groups in total. The maximum atomic E-state index is 12.3. The Morgan fingerprint density at radius 1 is 1.14 bits per heavy atom. The Kier molecular flexibility index (Phi) is 4.59. The van der Waals surface area contributed by atoms with Crippen LogP contribution >= 0.6 is 0 Å². The molecule has 0 unspecified atom stereocenters. The molecule has 2 aromatic heterocycles. The average molecular weight is 374 g/mol. The number of fused-ring (bicyclic) bond motifs is 1. The van der Waals surface area contributed by atoms with Crippen molar-refractivity contribution < 1.29 is 4.74 Å². The van der Waals surface area contributed by atoms with Gasteiger partial charge in [0.05, 0.1) is 13.3 Å². The smallest absolute Gasteiger partial charge is 0.279 e. The SMILES string of the molecule is COc1ccc(-c2nnc(N/N=C/c3cn(C)c4ccccc34)[nH]c2=O)cc1. The summed E-state index contributed by atoms with van der Waals surface area (Å²) < 4.78 is 7.14. The first-order valence-electron chi connectivity index (χ1n) is 8.60. The summed E-state index contributed by atoms with van der Waals surface area (Å²) in [5, 5.41) is 13.3. The molecular formula is C20H18N6O2. The van der Waals surface area contributed by atoms with E-state index in [0.29, 0.717) is 11.3 Å². The lowest BCUT2D eigenvalue weighted by Crippen LogP contribution is -2.15. The number of aromatic amines is 1. The van der Waals surface area contributed by atoms with E-state index < -0.39 is 0 Å². The molecule has 8 nitrogen and oxygen atoms in total. The zero-order valence-corrected chi connectivity index (χ0v) is 15.4. The molecule has 4 aromatic rings. The van der Waals surface area contributed by atoms with Crippen LogP contribution in [0.1, 0.15) is 5.56 Å². The molecule has 2 heterocycles. The lowest BCUT2D eigenvalue weighted by molar-refractivity contribution is 0.415. The lowest BCUT2D eigenvalue weighted by atomic mass is 10.1. The third kappa shape index (κ3) is 3.35. The summed E-state index contributed by atoms with van der Waals surface area (Å²) in [6, 6.07) is 15.1. The van der Waals surface area contributed by atoms with Gasteiger partial charge in [0.2, 0.25) is 5.95 Å². The fourth-order valence-electron chi connectivity index (χ4n) is 2.96. The van der Waals surface area contributed by atoms with Crippen LogP contribution in [-0.2, 0) is 7.05 Å². The number of para-hydroxylation sites is 1. The summed E-state index contributed by atoms with van der Waals surface area (Å²) in [5.41, 5.74) is 5.31. The molecule has 0 aliphatic carbocycles. The second kappa shape index (κ2) is 7.36. The molecule has 0 atom stereocenters. The quantitative estimate of drug-likeness (QED) is 0.414. The van der Waals surface area contributed by atoms with Gasteiger partial charge >= 0.3 is 0 Å².